The lowest BCUT2D eigenvalue weighted by atomic mass is 10.1. The normalized spacial score (nSPS) is 13.6. The molecule has 2 aromatic rings. The molecule has 0 aliphatic heterocycles. The maximum absolute atomic E-state index is 12.7. The Kier molecular flexibility index (Phi) is 4.66. The fourth-order valence-corrected chi connectivity index (χ4v) is 1.97. The van der Waals surface area contributed by atoms with E-state index >= 15 is 0 Å². The summed E-state index contributed by atoms with van der Waals surface area (Å²) < 4.78 is 39.2. The van der Waals surface area contributed by atoms with Gasteiger partial charge in [-0.2, -0.15) is 18.3 Å². The summed E-state index contributed by atoms with van der Waals surface area (Å²) in [4.78, 5) is 4.08. The number of alkyl halides is 3. The molecule has 0 aliphatic rings. The number of hydrogen-bond acceptors (Lipinski definition) is 4. The number of anilines is 1. The number of rotatable bonds is 6. The number of hydrogen-bond donors (Lipinski definition) is 2. The van der Waals surface area contributed by atoms with E-state index in [1.807, 2.05) is 0 Å². The van der Waals surface area contributed by atoms with Gasteiger partial charge in [0.15, 0.2) is 11.5 Å². The van der Waals surface area contributed by atoms with Crippen molar-refractivity contribution >= 4 is 11.3 Å². The molecule has 2 heterocycles. The van der Waals surface area contributed by atoms with Crippen molar-refractivity contribution in [3.63, 3.8) is 0 Å². The van der Waals surface area contributed by atoms with Crippen LogP contribution in [0.25, 0.3) is 5.52 Å². The lowest BCUT2D eigenvalue weighted by molar-refractivity contribution is -0.141. The van der Waals surface area contributed by atoms with E-state index in [4.69, 9.17) is 5.73 Å². The molecule has 8 heteroatoms. The summed E-state index contributed by atoms with van der Waals surface area (Å²) in [5.41, 5.74) is 4.93. The van der Waals surface area contributed by atoms with E-state index in [0.29, 0.717) is 30.3 Å². The van der Waals surface area contributed by atoms with Crippen LogP contribution < -0.4 is 11.1 Å². The van der Waals surface area contributed by atoms with Crippen LogP contribution in [0.5, 0.6) is 0 Å². The second-order valence-corrected chi connectivity index (χ2v) is 5.04. The SMILES string of the molecule is CC(CN)CCCNc1nccn2nc(C(F)(F)F)cc12. The Labute approximate surface area is 120 Å². The van der Waals surface area contributed by atoms with Crippen LogP contribution in [0.3, 0.4) is 0 Å². The van der Waals surface area contributed by atoms with Crippen LogP contribution in [0.2, 0.25) is 0 Å². The van der Waals surface area contributed by atoms with Gasteiger partial charge in [-0.05, 0) is 25.3 Å². The summed E-state index contributed by atoms with van der Waals surface area (Å²) in [7, 11) is 0. The lowest BCUT2D eigenvalue weighted by Crippen LogP contribution is -2.12. The minimum absolute atomic E-state index is 0.316. The van der Waals surface area contributed by atoms with E-state index in [0.717, 1.165) is 18.9 Å². The molecule has 0 fully saturated rings. The van der Waals surface area contributed by atoms with Gasteiger partial charge in [-0.15, -0.1) is 0 Å². The lowest BCUT2D eigenvalue weighted by Gasteiger charge is -2.09. The Morgan fingerprint density at radius 1 is 1.43 bits per heavy atom. The quantitative estimate of drug-likeness (QED) is 0.805. The molecule has 21 heavy (non-hydrogen) atoms. The highest BCUT2D eigenvalue weighted by Gasteiger charge is 2.34. The van der Waals surface area contributed by atoms with Crippen LogP contribution >= 0.6 is 0 Å². The third-order valence-corrected chi connectivity index (χ3v) is 3.25. The molecular weight excluding hydrogens is 283 g/mol. The predicted molar refractivity (Wildman–Crippen MR) is 73.9 cm³/mol. The van der Waals surface area contributed by atoms with Gasteiger partial charge in [0.2, 0.25) is 0 Å². The van der Waals surface area contributed by atoms with Crippen LogP contribution in [0.1, 0.15) is 25.5 Å². The Hall–Kier alpha value is -1.83. The van der Waals surface area contributed by atoms with Crippen LogP contribution in [0, 0.1) is 5.92 Å². The molecule has 0 aliphatic carbocycles. The average molecular weight is 301 g/mol. The maximum atomic E-state index is 12.7. The van der Waals surface area contributed by atoms with Crippen molar-refractivity contribution in [3.8, 4) is 0 Å². The molecule has 0 saturated heterocycles. The monoisotopic (exact) mass is 301 g/mol. The third-order valence-electron chi connectivity index (χ3n) is 3.25. The van der Waals surface area contributed by atoms with Crippen molar-refractivity contribution < 1.29 is 13.2 Å². The van der Waals surface area contributed by atoms with Crippen LogP contribution in [0.15, 0.2) is 18.5 Å². The molecule has 0 bridgehead atoms. The molecule has 0 radical (unpaired) electrons. The molecule has 0 aromatic carbocycles. The molecule has 0 amide bonds. The summed E-state index contributed by atoms with van der Waals surface area (Å²) in [5, 5.41) is 6.56. The highest BCUT2D eigenvalue weighted by Crippen LogP contribution is 2.29. The van der Waals surface area contributed by atoms with Crippen LogP contribution in [0.4, 0.5) is 19.0 Å². The number of aromatic nitrogens is 3. The highest BCUT2D eigenvalue weighted by molar-refractivity contribution is 5.67. The molecule has 1 unspecified atom stereocenters. The molecule has 1 atom stereocenters. The molecule has 5 nitrogen and oxygen atoms in total. The van der Waals surface area contributed by atoms with E-state index in [1.54, 1.807) is 0 Å². The number of nitrogens with two attached hydrogens (primary N) is 1. The van der Waals surface area contributed by atoms with Crippen LogP contribution in [-0.2, 0) is 6.18 Å². The van der Waals surface area contributed by atoms with Gasteiger partial charge in [-0.1, -0.05) is 6.92 Å². The van der Waals surface area contributed by atoms with E-state index in [1.165, 1.54) is 16.9 Å². The zero-order chi connectivity index (χ0) is 15.5. The fraction of sp³-hybridized carbons (Fsp3) is 0.538. The van der Waals surface area contributed by atoms with Gasteiger partial charge in [0.05, 0.1) is 0 Å². The third kappa shape index (κ3) is 3.84. The summed E-state index contributed by atoms with van der Waals surface area (Å²) in [6.45, 7) is 3.32. The van der Waals surface area contributed by atoms with Gasteiger partial charge >= 0.3 is 6.18 Å². The second kappa shape index (κ2) is 6.30. The van der Waals surface area contributed by atoms with Crippen molar-refractivity contribution in [1.29, 1.82) is 0 Å². The van der Waals surface area contributed by atoms with Crippen molar-refractivity contribution in [1.82, 2.24) is 14.6 Å². The number of nitrogens with zero attached hydrogens (tertiary/aromatic N) is 3. The molecule has 2 rings (SSSR count). The van der Waals surface area contributed by atoms with E-state index in [9.17, 15) is 13.2 Å². The van der Waals surface area contributed by atoms with E-state index in [-0.39, 0.29) is 0 Å². The Morgan fingerprint density at radius 2 is 2.19 bits per heavy atom. The molecule has 0 spiro atoms. The Balaban J connectivity index is 2.08. The van der Waals surface area contributed by atoms with Gasteiger partial charge < -0.3 is 11.1 Å². The number of fused-ring (bicyclic) bond motifs is 1. The average Bonchev–Trinajstić information content (AvgIpc) is 2.88. The molecule has 116 valence electrons. The minimum atomic E-state index is -4.46. The maximum Gasteiger partial charge on any atom is 0.435 e. The smallest absolute Gasteiger partial charge is 0.368 e. The van der Waals surface area contributed by atoms with Gasteiger partial charge in [0.25, 0.3) is 0 Å². The summed E-state index contributed by atoms with van der Waals surface area (Å²) in [5.74, 6) is 0.836. The molecule has 3 N–H and O–H groups in total. The van der Waals surface area contributed by atoms with E-state index < -0.39 is 11.9 Å². The van der Waals surface area contributed by atoms with Crippen molar-refractivity contribution in [3.05, 3.63) is 24.2 Å². The van der Waals surface area contributed by atoms with Gasteiger partial charge in [0, 0.05) is 25.0 Å². The Bertz CT molecular complexity index is 593. The largest absolute Gasteiger partial charge is 0.435 e. The first kappa shape index (κ1) is 15.6. The first-order chi connectivity index (χ1) is 9.91. The first-order valence-corrected chi connectivity index (χ1v) is 6.77. The molecule has 2 aromatic heterocycles. The highest BCUT2D eigenvalue weighted by atomic mass is 19.4. The predicted octanol–water partition coefficient (Wildman–Crippen LogP) is 2.54. The molecular formula is C13H18F3N5. The summed E-state index contributed by atoms with van der Waals surface area (Å²) >= 11 is 0. The topological polar surface area (TPSA) is 68.2 Å². The number of halogens is 3. The zero-order valence-electron chi connectivity index (χ0n) is 11.7. The first-order valence-electron chi connectivity index (χ1n) is 6.77. The fourth-order valence-electron chi connectivity index (χ4n) is 1.97. The Morgan fingerprint density at radius 3 is 2.86 bits per heavy atom. The van der Waals surface area contributed by atoms with Gasteiger partial charge in [-0.3, -0.25) is 0 Å². The summed E-state index contributed by atoms with van der Waals surface area (Å²) in [6.07, 6.45) is 0.193. The van der Waals surface area contributed by atoms with E-state index in [2.05, 4.69) is 22.3 Å². The molecule has 0 saturated carbocycles. The zero-order valence-corrected chi connectivity index (χ0v) is 11.7. The van der Waals surface area contributed by atoms with Crippen LogP contribution in [-0.4, -0.2) is 27.7 Å². The standard InChI is InChI=1S/C13H18F3N5/c1-9(8-17)3-2-4-18-12-10-7-11(13(14,15)16)20-21(10)6-5-19-12/h5-7,9H,2-4,8,17H2,1H3,(H,18,19). The van der Waals surface area contributed by atoms with Crippen molar-refractivity contribution in [2.75, 3.05) is 18.4 Å². The van der Waals surface area contributed by atoms with Crippen molar-refractivity contribution in [2.45, 2.75) is 25.9 Å². The number of nitrogens with one attached hydrogen (secondary N) is 1. The second-order valence-electron chi connectivity index (χ2n) is 5.04. The summed E-state index contributed by atoms with van der Waals surface area (Å²) in [6, 6.07) is 0.998. The van der Waals surface area contributed by atoms with Gasteiger partial charge in [-0.25, -0.2) is 9.50 Å². The van der Waals surface area contributed by atoms with Crippen molar-refractivity contribution in [2.24, 2.45) is 11.7 Å². The minimum Gasteiger partial charge on any atom is -0.368 e. The van der Waals surface area contributed by atoms with Gasteiger partial charge in [0.1, 0.15) is 5.52 Å².